The number of nitrogens with zero attached hydrogens (tertiary/aromatic N) is 1. The third-order valence-electron chi connectivity index (χ3n) is 5.30. The van der Waals surface area contributed by atoms with E-state index in [0.717, 1.165) is 30.8 Å². The van der Waals surface area contributed by atoms with Gasteiger partial charge in [-0.15, -0.1) is 0 Å². The van der Waals surface area contributed by atoms with Crippen LogP contribution in [0.15, 0.2) is 96.2 Å². The van der Waals surface area contributed by atoms with Crippen LogP contribution >= 0.6 is 0 Å². The lowest BCUT2D eigenvalue weighted by molar-refractivity contribution is -0.126. The zero-order valence-electron chi connectivity index (χ0n) is 18.2. The van der Waals surface area contributed by atoms with E-state index in [9.17, 15) is 4.79 Å². The molecule has 3 heteroatoms. The minimum absolute atomic E-state index is 0.0641. The Kier molecular flexibility index (Phi) is 7.81. The van der Waals surface area contributed by atoms with Crippen molar-refractivity contribution in [2.24, 2.45) is 5.92 Å². The van der Waals surface area contributed by atoms with Crippen molar-refractivity contribution in [1.29, 1.82) is 0 Å². The van der Waals surface area contributed by atoms with Gasteiger partial charge in [-0.2, -0.15) is 0 Å². The summed E-state index contributed by atoms with van der Waals surface area (Å²) in [6.07, 6.45) is 8.85. The van der Waals surface area contributed by atoms with E-state index in [1.165, 1.54) is 11.1 Å². The van der Waals surface area contributed by atoms with Gasteiger partial charge in [-0.05, 0) is 36.0 Å². The standard InChI is InChI=1S/C27H32N2O/c1-21(2)18-26(27(30)28-22(3)25-16-10-11-17-25)29(19-23-12-6-4-7-13-23)20-24-14-8-5-9-15-24/h4-17,21,26H,18-20H2,1-3H3,(H,28,30). The van der Waals surface area contributed by atoms with Gasteiger partial charge in [0, 0.05) is 18.8 Å². The molecule has 3 rings (SSSR count). The molecular weight excluding hydrogens is 368 g/mol. The first-order chi connectivity index (χ1) is 14.5. The van der Waals surface area contributed by atoms with E-state index in [1.807, 2.05) is 43.4 Å². The van der Waals surface area contributed by atoms with Crippen molar-refractivity contribution in [2.75, 3.05) is 0 Å². The summed E-state index contributed by atoms with van der Waals surface area (Å²) in [6.45, 7) is 7.79. The molecule has 30 heavy (non-hydrogen) atoms. The van der Waals surface area contributed by atoms with Gasteiger partial charge in [-0.1, -0.05) is 98.8 Å². The highest BCUT2D eigenvalue weighted by Gasteiger charge is 2.27. The second-order valence-electron chi connectivity index (χ2n) is 8.31. The number of nitrogens with one attached hydrogen (secondary N) is 1. The van der Waals surface area contributed by atoms with Crippen LogP contribution in [0.2, 0.25) is 0 Å². The third-order valence-corrected chi connectivity index (χ3v) is 5.30. The number of benzene rings is 2. The third kappa shape index (κ3) is 6.30. The summed E-state index contributed by atoms with van der Waals surface area (Å²) in [7, 11) is 0. The van der Waals surface area contributed by atoms with Gasteiger partial charge in [0.2, 0.25) is 5.91 Å². The van der Waals surface area contributed by atoms with E-state index >= 15 is 0 Å². The maximum Gasteiger partial charge on any atom is 0.241 e. The highest BCUT2D eigenvalue weighted by molar-refractivity contribution is 5.83. The fourth-order valence-electron chi connectivity index (χ4n) is 3.74. The van der Waals surface area contributed by atoms with Crippen molar-refractivity contribution in [3.8, 4) is 0 Å². The molecule has 2 aromatic rings. The van der Waals surface area contributed by atoms with Crippen LogP contribution < -0.4 is 5.32 Å². The lowest BCUT2D eigenvalue weighted by atomic mass is 9.99. The second kappa shape index (κ2) is 10.7. The van der Waals surface area contributed by atoms with Crippen LogP contribution in [0.25, 0.3) is 0 Å². The van der Waals surface area contributed by atoms with Crippen LogP contribution in [0.5, 0.6) is 0 Å². The van der Waals surface area contributed by atoms with Crippen molar-refractivity contribution in [3.05, 3.63) is 107 Å². The molecule has 1 amide bonds. The number of hydrogen-bond acceptors (Lipinski definition) is 2. The fourth-order valence-corrected chi connectivity index (χ4v) is 3.74. The predicted molar refractivity (Wildman–Crippen MR) is 124 cm³/mol. The van der Waals surface area contributed by atoms with Gasteiger partial charge >= 0.3 is 0 Å². The molecule has 1 unspecified atom stereocenters. The van der Waals surface area contributed by atoms with Gasteiger partial charge in [0.1, 0.15) is 0 Å². The van der Waals surface area contributed by atoms with Gasteiger partial charge in [-0.25, -0.2) is 0 Å². The molecule has 0 saturated heterocycles. The number of hydrogen-bond donors (Lipinski definition) is 1. The van der Waals surface area contributed by atoms with E-state index < -0.39 is 0 Å². The molecule has 0 aromatic heterocycles. The molecule has 0 bridgehead atoms. The summed E-state index contributed by atoms with van der Waals surface area (Å²) in [4.78, 5) is 15.7. The van der Waals surface area contributed by atoms with Crippen molar-refractivity contribution in [1.82, 2.24) is 10.2 Å². The average Bonchev–Trinajstić information content (AvgIpc) is 3.28. The van der Waals surface area contributed by atoms with Crippen molar-refractivity contribution >= 4 is 5.91 Å². The lowest BCUT2D eigenvalue weighted by Gasteiger charge is -2.32. The van der Waals surface area contributed by atoms with E-state index in [-0.39, 0.29) is 11.9 Å². The molecule has 156 valence electrons. The maximum absolute atomic E-state index is 13.4. The molecule has 0 fully saturated rings. The first kappa shape index (κ1) is 21.8. The maximum atomic E-state index is 13.4. The molecule has 1 aliphatic carbocycles. The lowest BCUT2D eigenvalue weighted by Crippen LogP contribution is -2.46. The van der Waals surface area contributed by atoms with Crippen LogP contribution in [0.4, 0.5) is 0 Å². The number of allylic oxidation sites excluding steroid dienone is 6. The molecule has 0 radical (unpaired) electrons. The Morgan fingerprint density at radius 3 is 1.83 bits per heavy atom. The summed E-state index contributed by atoms with van der Waals surface area (Å²) < 4.78 is 0. The Morgan fingerprint density at radius 1 is 0.867 bits per heavy atom. The molecule has 2 aromatic carbocycles. The van der Waals surface area contributed by atoms with E-state index in [1.54, 1.807) is 0 Å². The molecule has 1 atom stereocenters. The Morgan fingerprint density at radius 2 is 1.37 bits per heavy atom. The highest BCUT2D eigenvalue weighted by atomic mass is 16.2. The molecule has 0 saturated carbocycles. The fraction of sp³-hybridized carbons (Fsp3) is 0.296. The molecule has 1 aliphatic rings. The topological polar surface area (TPSA) is 32.3 Å². The van der Waals surface area contributed by atoms with Gasteiger partial charge in [-0.3, -0.25) is 9.69 Å². The molecule has 3 nitrogen and oxygen atoms in total. The Labute approximate surface area is 180 Å². The smallest absolute Gasteiger partial charge is 0.241 e. The van der Waals surface area contributed by atoms with Gasteiger partial charge < -0.3 is 5.32 Å². The Bertz CT molecular complexity index is 855. The average molecular weight is 401 g/mol. The first-order valence-corrected chi connectivity index (χ1v) is 10.7. The summed E-state index contributed by atoms with van der Waals surface area (Å²) in [5, 5.41) is 3.18. The summed E-state index contributed by atoms with van der Waals surface area (Å²) >= 11 is 0. The van der Waals surface area contributed by atoms with Crippen molar-refractivity contribution in [2.45, 2.75) is 46.3 Å². The number of rotatable bonds is 9. The Balaban J connectivity index is 1.87. The molecular formula is C27H32N2O. The normalized spacial score (nSPS) is 13.8. The minimum Gasteiger partial charge on any atom is -0.328 e. The summed E-state index contributed by atoms with van der Waals surface area (Å²) in [5.41, 5.74) is 4.39. The van der Waals surface area contributed by atoms with E-state index in [4.69, 9.17) is 0 Å². The van der Waals surface area contributed by atoms with Crippen molar-refractivity contribution in [3.63, 3.8) is 0 Å². The van der Waals surface area contributed by atoms with E-state index in [0.29, 0.717) is 5.92 Å². The minimum atomic E-state index is -0.213. The molecule has 0 heterocycles. The quantitative estimate of drug-likeness (QED) is 0.592. The monoisotopic (exact) mass is 400 g/mol. The Hall–Kier alpha value is -2.91. The highest BCUT2D eigenvalue weighted by Crippen LogP contribution is 2.20. The predicted octanol–water partition coefficient (Wildman–Crippen LogP) is 5.62. The zero-order valence-corrected chi connectivity index (χ0v) is 18.2. The van der Waals surface area contributed by atoms with Crippen LogP contribution in [-0.4, -0.2) is 16.8 Å². The van der Waals surface area contributed by atoms with Crippen LogP contribution in [0.1, 0.15) is 38.3 Å². The van der Waals surface area contributed by atoms with Crippen LogP contribution in [-0.2, 0) is 17.9 Å². The first-order valence-electron chi connectivity index (χ1n) is 10.7. The van der Waals surface area contributed by atoms with Gasteiger partial charge in [0.25, 0.3) is 0 Å². The summed E-state index contributed by atoms with van der Waals surface area (Å²) in [6, 6.07) is 20.6. The van der Waals surface area contributed by atoms with Crippen molar-refractivity contribution < 1.29 is 4.79 Å². The largest absolute Gasteiger partial charge is 0.328 e. The number of carbonyl (C=O) groups is 1. The number of amides is 1. The SMILES string of the molecule is CC(NC(=O)C(CC(C)C)N(Cc1ccccc1)Cc1ccccc1)=C1C=CC=C1. The second-order valence-corrected chi connectivity index (χ2v) is 8.31. The summed E-state index contributed by atoms with van der Waals surface area (Å²) in [5.74, 6) is 0.475. The van der Waals surface area contributed by atoms with Gasteiger partial charge in [0.15, 0.2) is 0 Å². The van der Waals surface area contributed by atoms with Crippen LogP contribution in [0, 0.1) is 5.92 Å². The molecule has 1 N–H and O–H groups in total. The van der Waals surface area contributed by atoms with Gasteiger partial charge in [0.05, 0.1) is 6.04 Å². The number of carbonyl (C=O) groups excluding carboxylic acids is 1. The molecule has 0 aliphatic heterocycles. The zero-order chi connectivity index (χ0) is 21.3. The van der Waals surface area contributed by atoms with Crippen LogP contribution in [0.3, 0.4) is 0 Å². The van der Waals surface area contributed by atoms with E-state index in [2.05, 4.69) is 72.6 Å². The molecule has 0 spiro atoms.